The summed E-state index contributed by atoms with van der Waals surface area (Å²) in [4.78, 5) is 3.64. The van der Waals surface area contributed by atoms with Gasteiger partial charge in [0.1, 0.15) is 0 Å². The second kappa shape index (κ2) is 5.27. The largest absolute Gasteiger partial charge is 0.505 e. The van der Waals surface area contributed by atoms with Gasteiger partial charge in [0.05, 0.1) is 4.90 Å². The zero-order valence-corrected chi connectivity index (χ0v) is 13.3. The van der Waals surface area contributed by atoms with E-state index in [0.29, 0.717) is 0 Å². The Balaban J connectivity index is 2.61. The Morgan fingerprint density at radius 2 is 2.00 bits per heavy atom. The zero-order chi connectivity index (χ0) is 15.8. The highest BCUT2D eigenvalue weighted by Crippen LogP contribution is 2.36. The van der Waals surface area contributed by atoms with Crippen molar-refractivity contribution in [2.45, 2.75) is 31.1 Å². The number of phenolic OH excluding ortho intramolecular Hbond substituents is 1. The Bertz CT molecular complexity index is 750. The summed E-state index contributed by atoms with van der Waals surface area (Å²) in [6.07, 6.45) is 1.46. The van der Waals surface area contributed by atoms with Crippen LogP contribution in [0.2, 0.25) is 0 Å². The second-order valence-corrected chi connectivity index (χ2v) is 8.01. The maximum Gasteiger partial charge on any atom is 0.264 e. The minimum atomic E-state index is -3.99. The second-order valence-electron chi connectivity index (χ2n) is 5.46. The van der Waals surface area contributed by atoms with Crippen molar-refractivity contribution in [2.75, 3.05) is 4.72 Å². The minimum absolute atomic E-state index is 0.0634. The molecule has 0 unspecified atom stereocenters. The molecule has 0 fully saturated rings. The molecule has 2 aromatic rings. The van der Waals surface area contributed by atoms with Crippen LogP contribution in [0.3, 0.4) is 0 Å². The molecule has 0 aliphatic heterocycles. The highest BCUT2D eigenvalue weighted by molar-refractivity contribution is 7.93. The molecule has 8 heteroatoms. The van der Waals surface area contributed by atoms with E-state index in [0.717, 1.165) is 17.4 Å². The zero-order valence-electron chi connectivity index (χ0n) is 11.7. The van der Waals surface area contributed by atoms with E-state index in [9.17, 15) is 17.9 Å². The predicted molar refractivity (Wildman–Crippen MR) is 79.7 cm³/mol. The molecule has 114 valence electrons. The maximum atomic E-state index is 14.2. The molecule has 1 heterocycles. The summed E-state index contributed by atoms with van der Waals surface area (Å²) in [6, 6.07) is 2.22. The van der Waals surface area contributed by atoms with Crippen LogP contribution in [0.5, 0.6) is 5.75 Å². The lowest BCUT2D eigenvalue weighted by atomic mass is 9.86. The first-order chi connectivity index (χ1) is 9.63. The Morgan fingerprint density at radius 1 is 1.33 bits per heavy atom. The highest BCUT2D eigenvalue weighted by atomic mass is 32.2. The molecule has 21 heavy (non-hydrogen) atoms. The lowest BCUT2D eigenvalue weighted by Crippen LogP contribution is -2.22. The molecule has 0 aliphatic carbocycles. The summed E-state index contributed by atoms with van der Waals surface area (Å²) in [5.41, 5.74) is -0.859. The quantitative estimate of drug-likeness (QED) is 0.906. The number of halogens is 1. The fourth-order valence-corrected chi connectivity index (χ4v) is 4.11. The molecule has 0 bridgehead atoms. The number of sulfonamides is 1. The van der Waals surface area contributed by atoms with Gasteiger partial charge in [0.2, 0.25) is 0 Å². The normalized spacial score (nSPS) is 12.4. The third-order valence-corrected chi connectivity index (χ3v) is 4.98. The van der Waals surface area contributed by atoms with Crippen molar-refractivity contribution in [3.63, 3.8) is 0 Å². The summed E-state index contributed by atoms with van der Waals surface area (Å²) in [6.45, 7) is 5.02. The van der Waals surface area contributed by atoms with E-state index in [1.165, 1.54) is 12.3 Å². The Kier molecular flexibility index (Phi) is 3.94. The van der Waals surface area contributed by atoms with Crippen molar-refractivity contribution >= 4 is 26.5 Å². The van der Waals surface area contributed by atoms with Crippen LogP contribution in [-0.2, 0) is 15.4 Å². The van der Waals surface area contributed by atoms with Crippen molar-refractivity contribution in [1.29, 1.82) is 0 Å². The Hall–Kier alpha value is -1.67. The molecule has 0 spiro atoms. The van der Waals surface area contributed by atoms with Crippen LogP contribution in [0.1, 0.15) is 26.3 Å². The fraction of sp³-hybridized carbons (Fsp3) is 0.308. The highest BCUT2D eigenvalue weighted by Gasteiger charge is 2.31. The summed E-state index contributed by atoms with van der Waals surface area (Å²) >= 11 is 1.12. The van der Waals surface area contributed by atoms with Crippen LogP contribution >= 0.6 is 11.3 Å². The number of hydrogen-bond donors (Lipinski definition) is 2. The van der Waals surface area contributed by atoms with Crippen molar-refractivity contribution < 1.29 is 17.9 Å². The smallest absolute Gasteiger partial charge is 0.264 e. The van der Waals surface area contributed by atoms with Crippen LogP contribution < -0.4 is 4.72 Å². The molecule has 2 N–H and O–H groups in total. The average Bonchev–Trinajstić information content (AvgIpc) is 2.82. The van der Waals surface area contributed by atoms with Crippen LogP contribution in [0.4, 0.5) is 9.52 Å². The molecule has 2 rings (SSSR count). The van der Waals surface area contributed by atoms with E-state index in [1.54, 1.807) is 26.2 Å². The van der Waals surface area contributed by atoms with Gasteiger partial charge in [-0.05, 0) is 17.5 Å². The van der Waals surface area contributed by atoms with Gasteiger partial charge in [-0.2, -0.15) is 0 Å². The summed E-state index contributed by atoms with van der Waals surface area (Å²) in [5.74, 6) is -1.50. The number of thiazole rings is 1. The molecule has 5 nitrogen and oxygen atoms in total. The standard InChI is InChI=1S/C13H15FN2O3S2/c1-13(2,3)10-9(5-4-8(17)11(10)14)21(18,19)16-12-15-6-7-20-12/h4-7,17H,1-3H3,(H,15,16). The van der Waals surface area contributed by atoms with Gasteiger partial charge in [-0.1, -0.05) is 20.8 Å². The van der Waals surface area contributed by atoms with Crippen LogP contribution in [0.15, 0.2) is 28.6 Å². The number of nitrogens with one attached hydrogen (secondary N) is 1. The number of aromatic hydroxyl groups is 1. The number of benzene rings is 1. The van der Waals surface area contributed by atoms with Crippen molar-refractivity contribution in [3.8, 4) is 5.75 Å². The molecular formula is C13H15FN2O3S2. The molecule has 0 aliphatic rings. The van der Waals surface area contributed by atoms with Crippen molar-refractivity contribution in [2.24, 2.45) is 0 Å². The molecule has 1 aromatic carbocycles. The molecular weight excluding hydrogens is 315 g/mol. The van der Waals surface area contributed by atoms with Gasteiger partial charge < -0.3 is 5.11 Å². The van der Waals surface area contributed by atoms with Gasteiger partial charge in [-0.3, -0.25) is 4.72 Å². The van der Waals surface area contributed by atoms with Crippen LogP contribution in [-0.4, -0.2) is 18.5 Å². The number of rotatable bonds is 3. The third-order valence-electron chi connectivity index (χ3n) is 2.78. The number of phenols is 1. The van der Waals surface area contributed by atoms with E-state index < -0.39 is 27.0 Å². The minimum Gasteiger partial charge on any atom is -0.505 e. The number of nitrogens with zero attached hydrogens (tertiary/aromatic N) is 1. The third kappa shape index (κ3) is 3.16. The first-order valence-corrected chi connectivity index (χ1v) is 8.43. The van der Waals surface area contributed by atoms with Gasteiger partial charge in [-0.15, -0.1) is 11.3 Å². The first kappa shape index (κ1) is 15.7. The van der Waals surface area contributed by atoms with E-state index in [1.807, 2.05) is 0 Å². The molecule has 0 amide bonds. The SMILES string of the molecule is CC(C)(C)c1c(S(=O)(=O)Nc2nccs2)ccc(O)c1F. The molecule has 0 saturated carbocycles. The lowest BCUT2D eigenvalue weighted by molar-refractivity contribution is 0.412. The Morgan fingerprint density at radius 3 is 2.52 bits per heavy atom. The van der Waals surface area contributed by atoms with Gasteiger partial charge in [0, 0.05) is 17.1 Å². The number of hydrogen-bond acceptors (Lipinski definition) is 5. The van der Waals surface area contributed by atoms with E-state index in [4.69, 9.17) is 0 Å². The van der Waals surface area contributed by atoms with Crippen LogP contribution in [0.25, 0.3) is 0 Å². The van der Waals surface area contributed by atoms with Gasteiger partial charge >= 0.3 is 0 Å². The van der Waals surface area contributed by atoms with Crippen molar-refractivity contribution in [1.82, 2.24) is 4.98 Å². The lowest BCUT2D eigenvalue weighted by Gasteiger charge is -2.23. The number of aromatic nitrogens is 1. The van der Waals surface area contributed by atoms with Gasteiger partial charge in [0.25, 0.3) is 10.0 Å². The topological polar surface area (TPSA) is 79.3 Å². The van der Waals surface area contributed by atoms with E-state index >= 15 is 0 Å². The molecule has 0 saturated heterocycles. The monoisotopic (exact) mass is 330 g/mol. The van der Waals surface area contributed by atoms with Gasteiger partial charge in [-0.25, -0.2) is 17.8 Å². The average molecular weight is 330 g/mol. The molecule has 0 radical (unpaired) electrons. The Labute approximate surface area is 126 Å². The first-order valence-electron chi connectivity index (χ1n) is 6.07. The summed E-state index contributed by atoms with van der Waals surface area (Å²) in [5, 5.41) is 11.3. The molecule has 1 aromatic heterocycles. The number of anilines is 1. The maximum absolute atomic E-state index is 14.2. The van der Waals surface area contributed by atoms with E-state index in [-0.39, 0.29) is 15.6 Å². The van der Waals surface area contributed by atoms with E-state index in [2.05, 4.69) is 9.71 Å². The summed E-state index contributed by atoms with van der Waals surface area (Å²) < 4.78 is 41.4. The van der Waals surface area contributed by atoms with Gasteiger partial charge in [0.15, 0.2) is 16.7 Å². The summed E-state index contributed by atoms with van der Waals surface area (Å²) in [7, 11) is -3.99. The van der Waals surface area contributed by atoms with Crippen LogP contribution in [0, 0.1) is 5.82 Å². The molecule has 0 atom stereocenters. The predicted octanol–water partition coefficient (Wildman–Crippen LogP) is 3.09. The van der Waals surface area contributed by atoms with Crippen molar-refractivity contribution in [3.05, 3.63) is 35.1 Å². The fourth-order valence-electron chi connectivity index (χ4n) is 1.91.